The van der Waals surface area contributed by atoms with Gasteiger partial charge in [0.25, 0.3) is 0 Å². The van der Waals surface area contributed by atoms with Crippen molar-refractivity contribution >= 4 is 11.9 Å². The van der Waals surface area contributed by atoms with Crippen LogP contribution in [0.5, 0.6) is 0 Å². The van der Waals surface area contributed by atoms with E-state index in [0.29, 0.717) is 23.4 Å². The second-order valence-corrected chi connectivity index (χ2v) is 8.56. The van der Waals surface area contributed by atoms with Gasteiger partial charge >= 0.3 is 6.18 Å². The molecule has 1 saturated carbocycles. The lowest BCUT2D eigenvalue weighted by Crippen LogP contribution is -2.43. The van der Waals surface area contributed by atoms with E-state index < -0.39 is 11.7 Å². The molecule has 1 aromatic carbocycles. The van der Waals surface area contributed by atoms with Crippen molar-refractivity contribution < 1.29 is 18.0 Å². The number of alkyl halides is 3. The number of amides is 1. The molecule has 2 N–H and O–H groups in total. The summed E-state index contributed by atoms with van der Waals surface area (Å²) in [5.41, 5.74) is 7.13. The second kappa shape index (κ2) is 8.85. The summed E-state index contributed by atoms with van der Waals surface area (Å²) >= 11 is 0. The van der Waals surface area contributed by atoms with Gasteiger partial charge in [-0.3, -0.25) is 4.79 Å². The van der Waals surface area contributed by atoms with Crippen LogP contribution in [0.25, 0.3) is 11.1 Å². The summed E-state index contributed by atoms with van der Waals surface area (Å²) in [6.45, 7) is 1.29. The van der Waals surface area contributed by atoms with Crippen molar-refractivity contribution in [3.8, 4) is 11.1 Å². The number of anilines is 1. The van der Waals surface area contributed by atoms with Crippen molar-refractivity contribution in [2.75, 3.05) is 18.8 Å². The number of aromatic nitrogens is 2. The summed E-state index contributed by atoms with van der Waals surface area (Å²) in [5, 5.41) is 0. The SMILES string of the molecule is Nc1ncc(-c2ccc(C(F)(F)F)cc2)c([C@H]2CCCN(C(=O)C3CCCCC3)C2)n1. The number of nitrogens with zero attached hydrogens (tertiary/aromatic N) is 3. The van der Waals surface area contributed by atoms with Gasteiger partial charge < -0.3 is 10.6 Å². The van der Waals surface area contributed by atoms with E-state index in [1.807, 2.05) is 4.90 Å². The molecule has 2 fully saturated rings. The number of hydrogen-bond donors (Lipinski definition) is 1. The number of halogens is 3. The Morgan fingerprint density at radius 2 is 1.74 bits per heavy atom. The van der Waals surface area contributed by atoms with E-state index in [-0.39, 0.29) is 23.7 Å². The molecule has 166 valence electrons. The lowest BCUT2D eigenvalue weighted by atomic mass is 9.86. The van der Waals surface area contributed by atoms with E-state index in [1.54, 1.807) is 6.20 Å². The monoisotopic (exact) mass is 432 g/mol. The lowest BCUT2D eigenvalue weighted by molar-refractivity contribution is -0.138. The standard InChI is InChI=1S/C23H27F3N4O/c24-23(25,26)18-10-8-15(9-11-18)19-13-28-22(27)29-20(19)17-7-4-12-30(14-17)21(31)16-5-2-1-3-6-16/h8-11,13,16-17H,1-7,12,14H2,(H2,27,28,29)/t17-/m0/s1. The second-order valence-electron chi connectivity index (χ2n) is 8.56. The largest absolute Gasteiger partial charge is 0.416 e. The molecule has 0 radical (unpaired) electrons. The first-order valence-corrected chi connectivity index (χ1v) is 10.9. The Morgan fingerprint density at radius 3 is 2.42 bits per heavy atom. The highest BCUT2D eigenvalue weighted by molar-refractivity contribution is 5.79. The van der Waals surface area contributed by atoms with Crippen molar-refractivity contribution in [3.05, 3.63) is 41.7 Å². The average molecular weight is 432 g/mol. The Morgan fingerprint density at radius 1 is 1.03 bits per heavy atom. The molecule has 0 spiro atoms. The zero-order valence-electron chi connectivity index (χ0n) is 17.4. The van der Waals surface area contributed by atoms with Gasteiger partial charge in [-0.25, -0.2) is 9.97 Å². The maximum atomic E-state index is 13.0. The molecule has 2 aromatic rings. The minimum atomic E-state index is -4.39. The quantitative estimate of drug-likeness (QED) is 0.738. The molecular weight excluding hydrogens is 405 g/mol. The highest BCUT2D eigenvalue weighted by Crippen LogP contribution is 2.36. The van der Waals surface area contributed by atoms with Gasteiger partial charge in [0.05, 0.1) is 11.3 Å². The van der Waals surface area contributed by atoms with Gasteiger partial charge in [0.15, 0.2) is 0 Å². The number of carbonyl (C=O) groups is 1. The summed E-state index contributed by atoms with van der Waals surface area (Å²) in [6, 6.07) is 5.01. The van der Waals surface area contributed by atoms with Gasteiger partial charge in [-0.2, -0.15) is 13.2 Å². The number of benzene rings is 1. The molecule has 0 bridgehead atoms. The van der Waals surface area contributed by atoms with E-state index >= 15 is 0 Å². The third-order valence-electron chi connectivity index (χ3n) is 6.43. The van der Waals surface area contributed by atoms with Crippen LogP contribution in [0, 0.1) is 5.92 Å². The van der Waals surface area contributed by atoms with Crippen LogP contribution in [0.15, 0.2) is 30.5 Å². The van der Waals surface area contributed by atoms with Gasteiger partial charge in [-0.05, 0) is 43.4 Å². The molecule has 0 unspecified atom stereocenters. The summed E-state index contributed by atoms with van der Waals surface area (Å²) in [7, 11) is 0. The van der Waals surface area contributed by atoms with Gasteiger partial charge in [-0.15, -0.1) is 0 Å². The number of hydrogen-bond acceptors (Lipinski definition) is 4. The van der Waals surface area contributed by atoms with E-state index in [2.05, 4.69) is 9.97 Å². The van der Waals surface area contributed by atoms with Crippen molar-refractivity contribution in [1.82, 2.24) is 14.9 Å². The van der Waals surface area contributed by atoms with Crippen LogP contribution in [0.3, 0.4) is 0 Å². The highest BCUT2D eigenvalue weighted by Gasteiger charge is 2.33. The van der Waals surface area contributed by atoms with Crippen molar-refractivity contribution in [1.29, 1.82) is 0 Å². The Hall–Kier alpha value is -2.64. The number of nitrogen functional groups attached to an aromatic ring is 1. The average Bonchev–Trinajstić information content (AvgIpc) is 2.79. The number of carbonyl (C=O) groups excluding carboxylic acids is 1. The van der Waals surface area contributed by atoms with E-state index in [4.69, 9.17) is 5.73 Å². The molecule has 31 heavy (non-hydrogen) atoms. The summed E-state index contributed by atoms with van der Waals surface area (Å²) in [5.74, 6) is 0.435. The number of likely N-dealkylation sites (tertiary alicyclic amines) is 1. The molecule has 8 heteroatoms. The molecule has 1 atom stereocenters. The van der Waals surface area contributed by atoms with Crippen LogP contribution in [0.4, 0.5) is 19.1 Å². The van der Waals surface area contributed by atoms with Gasteiger partial charge in [0.1, 0.15) is 0 Å². The lowest BCUT2D eigenvalue weighted by Gasteiger charge is -2.36. The van der Waals surface area contributed by atoms with Crippen LogP contribution in [-0.4, -0.2) is 33.9 Å². The van der Waals surface area contributed by atoms with E-state index in [0.717, 1.165) is 57.2 Å². The zero-order chi connectivity index (χ0) is 22.0. The Kier molecular flexibility index (Phi) is 6.16. The minimum absolute atomic E-state index is 0.0242. The van der Waals surface area contributed by atoms with Crippen LogP contribution in [0.1, 0.15) is 62.1 Å². The maximum Gasteiger partial charge on any atom is 0.416 e. The van der Waals surface area contributed by atoms with Crippen LogP contribution in [0.2, 0.25) is 0 Å². The fourth-order valence-corrected chi connectivity index (χ4v) is 4.79. The maximum absolute atomic E-state index is 13.0. The summed E-state index contributed by atoms with van der Waals surface area (Å²) < 4.78 is 38.8. The van der Waals surface area contributed by atoms with E-state index in [1.165, 1.54) is 18.6 Å². The predicted molar refractivity (Wildman–Crippen MR) is 112 cm³/mol. The number of nitrogens with two attached hydrogens (primary N) is 1. The molecule has 2 heterocycles. The summed E-state index contributed by atoms with van der Waals surface area (Å²) in [6.07, 6.45) is 4.21. The third-order valence-corrected chi connectivity index (χ3v) is 6.43. The van der Waals surface area contributed by atoms with Crippen molar-refractivity contribution in [2.24, 2.45) is 5.92 Å². The molecule has 1 aliphatic heterocycles. The minimum Gasteiger partial charge on any atom is -0.368 e. The summed E-state index contributed by atoms with van der Waals surface area (Å²) in [4.78, 5) is 23.5. The topological polar surface area (TPSA) is 72.1 Å². The molecule has 1 aliphatic carbocycles. The normalized spacial score (nSPS) is 20.6. The van der Waals surface area contributed by atoms with Crippen LogP contribution in [-0.2, 0) is 11.0 Å². The smallest absolute Gasteiger partial charge is 0.368 e. The van der Waals surface area contributed by atoms with Crippen LogP contribution >= 0.6 is 0 Å². The number of rotatable bonds is 3. The first-order valence-electron chi connectivity index (χ1n) is 10.9. The molecular formula is C23H27F3N4O. The molecule has 1 amide bonds. The van der Waals surface area contributed by atoms with Crippen molar-refractivity contribution in [3.63, 3.8) is 0 Å². The van der Waals surface area contributed by atoms with Gasteiger partial charge in [0.2, 0.25) is 11.9 Å². The Bertz CT molecular complexity index is 923. The molecule has 1 aromatic heterocycles. The van der Waals surface area contributed by atoms with Crippen molar-refractivity contribution in [2.45, 2.75) is 57.0 Å². The molecule has 1 saturated heterocycles. The zero-order valence-corrected chi connectivity index (χ0v) is 17.4. The van der Waals surface area contributed by atoms with Crippen LogP contribution < -0.4 is 5.73 Å². The molecule has 4 rings (SSSR count). The first-order chi connectivity index (χ1) is 14.8. The van der Waals surface area contributed by atoms with E-state index in [9.17, 15) is 18.0 Å². The number of piperidine rings is 1. The molecule has 5 nitrogen and oxygen atoms in total. The fourth-order valence-electron chi connectivity index (χ4n) is 4.79. The first kappa shape index (κ1) is 21.6. The van der Waals surface area contributed by atoms with Gasteiger partial charge in [-0.1, -0.05) is 31.4 Å². The van der Waals surface area contributed by atoms with Gasteiger partial charge in [0, 0.05) is 36.7 Å². The predicted octanol–water partition coefficient (Wildman–Crippen LogP) is 5.03. The third kappa shape index (κ3) is 4.83. The highest BCUT2D eigenvalue weighted by atomic mass is 19.4. The fraction of sp³-hybridized carbons (Fsp3) is 0.522. The molecule has 2 aliphatic rings. The Labute approximate surface area is 179 Å². The Balaban J connectivity index is 1.59.